The summed E-state index contributed by atoms with van der Waals surface area (Å²) < 4.78 is 27.1. The number of rotatable bonds is 3. The molecule has 0 spiro atoms. The van der Waals surface area contributed by atoms with Gasteiger partial charge in [0.15, 0.2) is 0 Å². The van der Waals surface area contributed by atoms with Crippen molar-refractivity contribution in [2.45, 2.75) is 4.90 Å². The fourth-order valence-corrected chi connectivity index (χ4v) is 5.20. The molecule has 0 atom stereocenters. The van der Waals surface area contributed by atoms with E-state index in [9.17, 15) is 8.42 Å². The number of para-hydroxylation sites is 1. The van der Waals surface area contributed by atoms with Gasteiger partial charge < -0.3 is 4.90 Å². The van der Waals surface area contributed by atoms with Gasteiger partial charge in [0.05, 0.1) is 10.0 Å². The van der Waals surface area contributed by atoms with Gasteiger partial charge in [0.2, 0.25) is 10.0 Å². The lowest BCUT2D eigenvalue weighted by molar-refractivity contribution is 0.385. The summed E-state index contributed by atoms with van der Waals surface area (Å²) in [4.78, 5) is 2.16. The van der Waals surface area contributed by atoms with Crippen LogP contribution >= 0.6 is 23.2 Å². The van der Waals surface area contributed by atoms with Crippen LogP contribution in [0.4, 0.5) is 5.69 Å². The largest absolute Gasteiger partial charge is 0.369 e. The second kappa shape index (κ2) is 6.69. The summed E-state index contributed by atoms with van der Waals surface area (Å²) >= 11 is 12.1. The molecule has 1 heterocycles. The van der Waals surface area contributed by atoms with Gasteiger partial charge in [0, 0.05) is 31.9 Å². The molecule has 1 aliphatic heterocycles. The lowest BCUT2D eigenvalue weighted by atomic mass is 10.2. The van der Waals surface area contributed by atoms with Gasteiger partial charge >= 0.3 is 0 Å². The van der Waals surface area contributed by atoms with E-state index in [1.807, 2.05) is 30.3 Å². The molecule has 0 amide bonds. The zero-order valence-corrected chi connectivity index (χ0v) is 14.7. The molecule has 0 aliphatic carbocycles. The Morgan fingerprint density at radius 2 is 1.35 bits per heavy atom. The van der Waals surface area contributed by atoms with Crippen molar-refractivity contribution >= 4 is 38.9 Å². The number of nitrogens with zero attached hydrogens (tertiary/aromatic N) is 2. The monoisotopic (exact) mass is 370 g/mol. The molecule has 0 radical (unpaired) electrons. The Hall–Kier alpha value is -1.27. The second-order valence-electron chi connectivity index (χ2n) is 5.28. The van der Waals surface area contributed by atoms with E-state index in [0.717, 1.165) is 5.69 Å². The summed E-state index contributed by atoms with van der Waals surface area (Å²) in [5.41, 5.74) is 1.10. The van der Waals surface area contributed by atoms with Crippen LogP contribution in [0.5, 0.6) is 0 Å². The number of piperazine rings is 1. The van der Waals surface area contributed by atoms with Crippen molar-refractivity contribution in [1.29, 1.82) is 0 Å². The zero-order chi connectivity index (χ0) is 16.4. The first-order valence-corrected chi connectivity index (χ1v) is 9.44. The van der Waals surface area contributed by atoms with Crippen molar-refractivity contribution in [3.05, 3.63) is 58.6 Å². The highest BCUT2D eigenvalue weighted by Crippen LogP contribution is 2.32. The third-order valence-electron chi connectivity index (χ3n) is 3.88. The molecule has 2 aromatic rings. The van der Waals surface area contributed by atoms with E-state index >= 15 is 0 Å². The van der Waals surface area contributed by atoms with Crippen LogP contribution in [-0.4, -0.2) is 38.9 Å². The molecule has 0 bridgehead atoms. The van der Waals surface area contributed by atoms with E-state index in [2.05, 4.69) is 4.90 Å². The molecule has 3 rings (SSSR count). The van der Waals surface area contributed by atoms with Crippen LogP contribution < -0.4 is 4.90 Å². The van der Waals surface area contributed by atoms with Crippen molar-refractivity contribution in [3.63, 3.8) is 0 Å². The predicted molar refractivity (Wildman–Crippen MR) is 93.9 cm³/mol. The van der Waals surface area contributed by atoms with E-state index in [-0.39, 0.29) is 14.9 Å². The molecule has 1 fully saturated rings. The topological polar surface area (TPSA) is 40.6 Å². The third kappa shape index (κ3) is 3.33. The Kier molecular flexibility index (Phi) is 4.82. The first kappa shape index (κ1) is 16.6. The van der Waals surface area contributed by atoms with E-state index in [4.69, 9.17) is 23.2 Å². The van der Waals surface area contributed by atoms with Gasteiger partial charge in [0.25, 0.3) is 0 Å². The molecular weight excluding hydrogens is 355 g/mol. The van der Waals surface area contributed by atoms with Crippen molar-refractivity contribution in [1.82, 2.24) is 4.31 Å². The lowest BCUT2D eigenvalue weighted by Crippen LogP contribution is -2.48. The molecule has 0 unspecified atom stereocenters. The maximum absolute atomic E-state index is 12.8. The SMILES string of the molecule is O=S(=O)(c1c(Cl)cccc1Cl)N1CCN(c2ccccc2)CC1. The van der Waals surface area contributed by atoms with Crippen LogP contribution in [0.15, 0.2) is 53.4 Å². The molecule has 23 heavy (non-hydrogen) atoms. The van der Waals surface area contributed by atoms with Crippen LogP contribution in [-0.2, 0) is 10.0 Å². The molecule has 1 aliphatic rings. The molecule has 7 heteroatoms. The normalized spacial score (nSPS) is 16.5. The molecule has 0 saturated carbocycles. The van der Waals surface area contributed by atoms with E-state index in [1.165, 1.54) is 4.31 Å². The molecule has 2 aromatic carbocycles. The van der Waals surface area contributed by atoms with E-state index < -0.39 is 10.0 Å². The van der Waals surface area contributed by atoms with Crippen LogP contribution in [0.1, 0.15) is 0 Å². The predicted octanol–water partition coefficient (Wildman–Crippen LogP) is 3.50. The minimum Gasteiger partial charge on any atom is -0.369 e. The lowest BCUT2D eigenvalue weighted by Gasteiger charge is -2.35. The minimum atomic E-state index is -3.69. The van der Waals surface area contributed by atoms with Crippen molar-refractivity contribution in [3.8, 4) is 0 Å². The summed E-state index contributed by atoms with van der Waals surface area (Å²) in [6.07, 6.45) is 0. The summed E-state index contributed by atoms with van der Waals surface area (Å²) in [5.74, 6) is 0. The van der Waals surface area contributed by atoms with Gasteiger partial charge in [-0.15, -0.1) is 0 Å². The van der Waals surface area contributed by atoms with Gasteiger partial charge in [-0.3, -0.25) is 0 Å². The van der Waals surface area contributed by atoms with Crippen molar-refractivity contribution in [2.24, 2.45) is 0 Å². The number of benzene rings is 2. The maximum Gasteiger partial charge on any atom is 0.246 e. The fourth-order valence-electron chi connectivity index (χ4n) is 2.68. The Morgan fingerprint density at radius 1 is 0.783 bits per heavy atom. The number of hydrogen-bond acceptors (Lipinski definition) is 3. The van der Waals surface area contributed by atoms with Gasteiger partial charge in [-0.25, -0.2) is 8.42 Å². The van der Waals surface area contributed by atoms with Crippen LogP contribution in [0.25, 0.3) is 0 Å². The maximum atomic E-state index is 12.8. The molecule has 4 nitrogen and oxygen atoms in total. The first-order valence-electron chi connectivity index (χ1n) is 7.24. The molecular formula is C16H16Cl2N2O2S. The Labute approximate surface area is 146 Å². The highest BCUT2D eigenvalue weighted by Gasteiger charge is 2.31. The van der Waals surface area contributed by atoms with Gasteiger partial charge in [-0.2, -0.15) is 4.31 Å². The van der Waals surface area contributed by atoms with Gasteiger partial charge in [0.1, 0.15) is 4.90 Å². The number of sulfonamides is 1. The Balaban J connectivity index is 1.79. The summed E-state index contributed by atoms with van der Waals surface area (Å²) in [5, 5.41) is 0.311. The van der Waals surface area contributed by atoms with Crippen LogP contribution in [0, 0.1) is 0 Å². The quantitative estimate of drug-likeness (QED) is 0.829. The highest BCUT2D eigenvalue weighted by atomic mass is 35.5. The Morgan fingerprint density at radius 3 is 1.91 bits per heavy atom. The summed E-state index contributed by atoms with van der Waals surface area (Å²) in [6, 6.07) is 14.7. The van der Waals surface area contributed by atoms with Crippen molar-refractivity contribution < 1.29 is 8.42 Å². The fraction of sp³-hybridized carbons (Fsp3) is 0.250. The standard InChI is InChI=1S/C16H16Cl2N2O2S/c17-14-7-4-8-15(18)16(14)23(21,22)20-11-9-19(10-12-20)13-5-2-1-3-6-13/h1-8H,9-12H2. The van der Waals surface area contributed by atoms with Crippen LogP contribution in [0.2, 0.25) is 10.0 Å². The van der Waals surface area contributed by atoms with Gasteiger partial charge in [-0.05, 0) is 24.3 Å². The Bertz CT molecular complexity index is 769. The molecule has 122 valence electrons. The number of halogens is 2. The molecule has 0 N–H and O–H groups in total. The van der Waals surface area contributed by atoms with E-state index in [0.29, 0.717) is 26.2 Å². The average Bonchev–Trinajstić information content (AvgIpc) is 2.55. The van der Waals surface area contributed by atoms with E-state index in [1.54, 1.807) is 18.2 Å². The highest BCUT2D eigenvalue weighted by molar-refractivity contribution is 7.89. The molecule has 1 saturated heterocycles. The zero-order valence-electron chi connectivity index (χ0n) is 12.3. The summed E-state index contributed by atoms with van der Waals surface area (Å²) in [7, 11) is -3.69. The minimum absolute atomic E-state index is 0.00325. The average molecular weight is 371 g/mol. The van der Waals surface area contributed by atoms with Gasteiger partial charge in [-0.1, -0.05) is 47.5 Å². The van der Waals surface area contributed by atoms with Crippen LogP contribution in [0.3, 0.4) is 0 Å². The first-order chi connectivity index (χ1) is 11.0. The number of hydrogen-bond donors (Lipinski definition) is 0. The second-order valence-corrected chi connectivity index (χ2v) is 7.97. The summed E-state index contributed by atoms with van der Waals surface area (Å²) in [6.45, 7) is 2.06. The van der Waals surface area contributed by atoms with Crippen molar-refractivity contribution in [2.75, 3.05) is 31.1 Å². The number of anilines is 1. The molecule has 0 aromatic heterocycles. The smallest absolute Gasteiger partial charge is 0.246 e. The third-order valence-corrected chi connectivity index (χ3v) is 6.73.